The van der Waals surface area contributed by atoms with E-state index in [2.05, 4.69) is 167 Å². The van der Waals surface area contributed by atoms with Crippen LogP contribution in [0, 0.1) is 45.3 Å². The molecule has 0 N–H and O–H groups in total. The summed E-state index contributed by atoms with van der Waals surface area (Å²) in [6, 6.07) is 128. The van der Waals surface area contributed by atoms with Gasteiger partial charge >= 0.3 is 0 Å². The van der Waals surface area contributed by atoms with E-state index in [0.29, 0.717) is 57.2 Å². The van der Waals surface area contributed by atoms with Crippen molar-refractivity contribution in [2.75, 3.05) is 0 Å². The Balaban J connectivity index is 0.824. The van der Waals surface area contributed by atoms with Gasteiger partial charge in [0.1, 0.15) is 0 Å². The summed E-state index contributed by atoms with van der Waals surface area (Å²) < 4.78 is 4.63. The first-order valence-electron chi connectivity index (χ1n) is 36.6. The summed E-state index contributed by atoms with van der Waals surface area (Å²) in [7, 11) is 0. The van der Waals surface area contributed by atoms with Crippen molar-refractivity contribution in [3.63, 3.8) is 0 Å². The van der Waals surface area contributed by atoms with Crippen molar-refractivity contribution in [3.05, 3.63) is 374 Å². The van der Waals surface area contributed by atoms with Gasteiger partial charge in [0.05, 0.1) is 80.0 Å². The zero-order chi connectivity index (χ0) is 75.2. The summed E-state index contributed by atoms with van der Waals surface area (Å²) in [4.78, 5) is 32.2. The lowest BCUT2D eigenvalue weighted by molar-refractivity contribution is 1.06. The minimum absolute atomic E-state index is 0.475. The lowest BCUT2D eigenvalue weighted by Crippen LogP contribution is -2.04. The number of nitrogens with zero attached hydrogens (tertiary/aromatic N) is 12. The number of aromatic nitrogens is 8. The SMILES string of the molecule is N#Cc1ccc(-c2ccc3c(c2)c2cc(-c4ccc(C#N)cc4)ccc2n3-c2ccc(-c3cccc(-c4ccc(-n5c6ccc(-c7ccc(C#N)cc7)cc6c6cc(-c7ccc(C#N)cc7)ccc65)c(-c5nc(-c6ccccc6)nc(-c6ccccc6)n5)c4)c3)cc2-c2nc(-c3ccccc3)nc(-c3ccccc3)n2)cc1. The largest absolute Gasteiger partial charge is 0.308 e. The molecule has 0 atom stereocenters. The molecule has 518 valence electrons. The summed E-state index contributed by atoms with van der Waals surface area (Å²) in [5.74, 6) is 3.04. The Bertz CT molecular complexity index is 6340. The zero-order valence-corrected chi connectivity index (χ0v) is 59.9. The van der Waals surface area contributed by atoms with Gasteiger partial charge in [-0.15, -0.1) is 0 Å². The molecule has 0 amide bonds. The highest BCUT2D eigenvalue weighted by Crippen LogP contribution is 2.45. The van der Waals surface area contributed by atoms with Gasteiger partial charge in [-0.3, -0.25) is 0 Å². The van der Waals surface area contributed by atoms with Crippen molar-refractivity contribution < 1.29 is 0 Å². The molecule has 0 fully saturated rings. The standard InChI is InChI=1S/C100H58N12/c101-59-63-24-32-67(33-25-63)77-40-46-89-83(53-77)84-54-78(68-34-26-64(60-102)27-35-68)41-47-90(84)111(89)93-50-44-81(57-87(93)99-107-95(71-14-5-1-6-15-71)105-96(108-99)72-16-7-2-8-17-72)75-22-13-23-76(52-75)82-45-51-94(88(58-82)100-109-97(73-18-9-3-10-19-73)106-98(110-100)74-20-11-4-12-21-74)112-91-48-42-79(69-36-28-65(61-103)29-37-69)55-85(91)86-56-80(43-49-92(86)112)70-38-30-66(62-104)31-39-70/h1-58H. The van der Waals surface area contributed by atoms with Gasteiger partial charge in [0.15, 0.2) is 34.9 Å². The van der Waals surface area contributed by atoms with Crippen LogP contribution in [0.5, 0.6) is 0 Å². The van der Waals surface area contributed by atoms with Crippen LogP contribution in [0.2, 0.25) is 0 Å². The maximum atomic E-state index is 9.79. The smallest absolute Gasteiger partial charge is 0.166 e. The molecule has 12 nitrogen and oxygen atoms in total. The number of fused-ring (bicyclic) bond motifs is 6. The summed E-state index contributed by atoms with van der Waals surface area (Å²) in [6.07, 6.45) is 0. The van der Waals surface area contributed by atoms with E-state index in [-0.39, 0.29) is 0 Å². The highest BCUT2D eigenvalue weighted by Gasteiger charge is 2.25. The molecule has 4 aromatic heterocycles. The third-order valence-electron chi connectivity index (χ3n) is 20.8. The Hall–Kier alpha value is -16.1. The highest BCUT2D eigenvalue weighted by atomic mass is 15.1. The second-order valence-electron chi connectivity index (χ2n) is 27.5. The lowest BCUT2D eigenvalue weighted by Gasteiger charge is -2.18. The van der Waals surface area contributed by atoms with E-state index in [4.69, 9.17) is 29.9 Å². The number of rotatable bonds is 14. The van der Waals surface area contributed by atoms with Crippen LogP contribution in [-0.2, 0) is 0 Å². The Morgan fingerprint density at radius 2 is 0.393 bits per heavy atom. The molecule has 12 heteroatoms. The van der Waals surface area contributed by atoms with E-state index >= 15 is 0 Å². The molecule has 0 saturated heterocycles. The Labute approximate surface area is 644 Å². The number of benzene rings is 15. The second kappa shape index (κ2) is 28.3. The van der Waals surface area contributed by atoms with Gasteiger partial charge in [-0.25, -0.2) is 29.9 Å². The average molecular weight is 1430 g/mol. The summed E-state index contributed by atoms with van der Waals surface area (Å²) in [5, 5.41) is 43.2. The van der Waals surface area contributed by atoms with E-state index in [1.807, 2.05) is 218 Å². The molecule has 0 aliphatic carbocycles. The fourth-order valence-corrected chi connectivity index (χ4v) is 15.1. The van der Waals surface area contributed by atoms with Gasteiger partial charge in [-0.2, -0.15) is 21.0 Å². The summed E-state index contributed by atoms with van der Waals surface area (Å²) in [5.41, 5.74) is 24.3. The highest BCUT2D eigenvalue weighted by molar-refractivity contribution is 6.14. The third kappa shape index (κ3) is 12.4. The van der Waals surface area contributed by atoms with Gasteiger partial charge in [0.2, 0.25) is 0 Å². The molecular formula is C100H58N12. The van der Waals surface area contributed by atoms with Gasteiger partial charge in [-0.1, -0.05) is 224 Å². The molecule has 0 unspecified atom stereocenters. The van der Waals surface area contributed by atoms with Gasteiger partial charge in [-0.05, 0) is 194 Å². The van der Waals surface area contributed by atoms with Crippen LogP contribution in [0.15, 0.2) is 352 Å². The number of hydrogen-bond donors (Lipinski definition) is 0. The van der Waals surface area contributed by atoms with Crippen LogP contribution in [0.25, 0.3) is 190 Å². The van der Waals surface area contributed by atoms with Crippen molar-refractivity contribution in [1.29, 1.82) is 21.0 Å². The van der Waals surface area contributed by atoms with Crippen molar-refractivity contribution in [3.8, 4) is 171 Å². The van der Waals surface area contributed by atoms with E-state index in [1.165, 1.54) is 0 Å². The molecule has 0 saturated carbocycles. The van der Waals surface area contributed by atoms with Crippen molar-refractivity contribution in [1.82, 2.24) is 39.0 Å². The fraction of sp³-hybridized carbons (Fsp3) is 0. The van der Waals surface area contributed by atoms with Crippen LogP contribution in [0.3, 0.4) is 0 Å². The van der Waals surface area contributed by atoms with Crippen molar-refractivity contribution >= 4 is 43.6 Å². The maximum Gasteiger partial charge on any atom is 0.166 e. The van der Waals surface area contributed by atoms with Crippen LogP contribution in [0.4, 0.5) is 0 Å². The molecule has 0 bridgehead atoms. The van der Waals surface area contributed by atoms with Crippen molar-refractivity contribution in [2.45, 2.75) is 0 Å². The first-order chi connectivity index (χ1) is 55.3. The number of hydrogen-bond acceptors (Lipinski definition) is 10. The van der Waals surface area contributed by atoms with Crippen LogP contribution >= 0.6 is 0 Å². The van der Waals surface area contributed by atoms with Gasteiger partial charge in [0, 0.05) is 54.9 Å². The fourth-order valence-electron chi connectivity index (χ4n) is 15.1. The molecule has 4 heterocycles. The number of nitriles is 4. The predicted octanol–water partition coefficient (Wildman–Crippen LogP) is 23.7. The summed E-state index contributed by atoms with van der Waals surface area (Å²) >= 11 is 0. The average Bonchev–Trinajstić information content (AvgIpc) is 1.58. The monoisotopic (exact) mass is 1430 g/mol. The van der Waals surface area contributed by atoms with Crippen LogP contribution < -0.4 is 0 Å². The van der Waals surface area contributed by atoms with E-state index < -0.39 is 0 Å². The molecule has 15 aromatic carbocycles. The van der Waals surface area contributed by atoms with Crippen LogP contribution in [0.1, 0.15) is 22.3 Å². The van der Waals surface area contributed by atoms with Gasteiger partial charge in [0.25, 0.3) is 0 Å². The molecule has 0 radical (unpaired) electrons. The second-order valence-corrected chi connectivity index (χ2v) is 27.5. The predicted molar refractivity (Wildman–Crippen MR) is 446 cm³/mol. The Morgan fingerprint density at radius 3 is 0.652 bits per heavy atom. The molecule has 0 aliphatic rings. The quantitative estimate of drug-likeness (QED) is 0.102. The normalized spacial score (nSPS) is 11.2. The van der Waals surface area contributed by atoms with E-state index in [1.54, 1.807) is 0 Å². The molecule has 19 rings (SSSR count). The van der Waals surface area contributed by atoms with Gasteiger partial charge < -0.3 is 9.13 Å². The minimum Gasteiger partial charge on any atom is -0.308 e. The molecule has 0 aliphatic heterocycles. The maximum absolute atomic E-state index is 9.79. The molecule has 112 heavy (non-hydrogen) atoms. The first-order valence-corrected chi connectivity index (χ1v) is 36.6. The lowest BCUT2D eigenvalue weighted by atomic mass is 9.95. The third-order valence-corrected chi connectivity index (χ3v) is 20.8. The first kappa shape index (κ1) is 66.6. The summed E-state index contributed by atoms with van der Waals surface area (Å²) in [6.45, 7) is 0. The van der Waals surface area contributed by atoms with E-state index in [9.17, 15) is 21.0 Å². The molecule has 19 aromatic rings. The topological polar surface area (TPSA) is 182 Å². The Morgan fingerprint density at radius 1 is 0.179 bits per heavy atom. The zero-order valence-electron chi connectivity index (χ0n) is 59.9. The molecule has 0 spiro atoms. The molecular weight excluding hydrogens is 1370 g/mol. The Kier molecular flexibility index (Phi) is 16.8. The minimum atomic E-state index is 0.475. The van der Waals surface area contributed by atoms with E-state index in [0.717, 1.165) is 155 Å². The van der Waals surface area contributed by atoms with Crippen molar-refractivity contribution in [2.24, 2.45) is 0 Å². The van der Waals surface area contributed by atoms with Crippen LogP contribution in [-0.4, -0.2) is 39.0 Å².